The fourth-order valence-electron chi connectivity index (χ4n) is 4.14. The van der Waals surface area contributed by atoms with E-state index in [1.807, 2.05) is 11.8 Å². The van der Waals surface area contributed by atoms with Gasteiger partial charge in [-0.2, -0.15) is 0 Å². The molecule has 5 nitrogen and oxygen atoms in total. The smallest absolute Gasteiger partial charge is 0.309 e. The van der Waals surface area contributed by atoms with Crippen LogP contribution >= 0.6 is 0 Å². The van der Waals surface area contributed by atoms with Crippen LogP contribution < -0.4 is 0 Å². The second-order valence-corrected chi connectivity index (χ2v) is 7.89. The molecule has 1 aromatic rings. The van der Waals surface area contributed by atoms with E-state index in [2.05, 4.69) is 36.1 Å². The minimum atomic E-state index is -0.103. The lowest BCUT2D eigenvalue weighted by atomic mass is 9.92. The fourth-order valence-corrected chi connectivity index (χ4v) is 4.14. The topological polar surface area (TPSA) is 49.9 Å². The van der Waals surface area contributed by atoms with Gasteiger partial charge in [-0.05, 0) is 58.2 Å². The summed E-state index contributed by atoms with van der Waals surface area (Å²) < 4.78 is 5.11. The van der Waals surface area contributed by atoms with Crippen LogP contribution in [0.5, 0.6) is 0 Å². The predicted octanol–water partition coefficient (Wildman–Crippen LogP) is 3.01. The van der Waals surface area contributed by atoms with Gasteiger partial charge in [-0.1, -0.05) is 29.8 Å². The summed E-state index contributed by atoms with van der Waals surface area (Å²) in [5.41, 5.74) is 2.63. The van der Waals surface area contributed by atoms with Crippen LogP contribution in [0.1, 0.15) is 43.7 Å². The van der Waals surface area contributed by atoms with E-state index in [1.54, 1.807) is 0 Å². The molecule has 0 radical (unpaired) electrons. The van der Waals surface area contributed by atoms with Crippen molar-refractivity contribution in [3.8, 4) is 0 Å². The maximum absolute atomic E-state index is 12.8. The van der Waals surface area contributed by atoms with Crippen LogP contribution in [0.3, 0.4) is 0 Å². The molecule has 0 spiro atoms. The van der Waals surface area contributed by atoms with Gasteiger partial charge in [0, 0.05) is 25.6 Å². The molecule has 2 heterocycles. The highest BCUT2D eigenvalue weighted by Crippen LogP contribution is 2.25. The first-order chi connectivity index (χ1) is 13.1. The van der Waals surface area contributed by atoms with Crippen molar-refractivity contribution in [2.45, 2.75) is 46.1 Å². The highest BCUT2D eigenvalue weighted by Gasteiger charge is 2.32. The van der Waals surface area contributed by atoms with Crippen molar-refractivity contribution in [3.05, 3.63) is 35.4 Å². The Morgan fingerprint density at radius 3 is 2.15 bits per heavy atom. The molecule has 2 fully saturated rings. The number of carbonyl (C=O) groups excluding carboxylic acids is 2. The number of hydrogen-bond donors (Lipinski definition) is 0. The van der Waals surface area contributed by atoms with E-state index >= 15 is 0 Å². The number of ether oxygens (including phenoxy) is 1. The Labute approximate surface area is 162 Å². The van der Waals surface area contributed by atoms with Gasteiger partial charge in [-0.3, -0.25) is 14.5 Å². The van der Waals surface area contributed by atoms with Gasteiger partial charge in [-0.15, -0.1) is 0 Å². The van der Waals surface area contributed by atoms with Crippen LogP contribution in [-0.4, -0.2) is 54.5 Å². The molecule has 27 heavy (non-hydrogen) atoms. The molecule has 0 aromatic heterocycles. The predicted molar refractivity (Wildman–Crippen MR) is 105 cm³/mol. The van der Waals surface area contributed by atoms with E-state index in [4.69, 9.17) is 4.74 Å². The largest absolute Gasteiger partial charge is 0.466 e. The van der Waals surface area contributed by atoms with Crippen LogP contribution in [0.4, 0.5) is 0 Å². The monoisotopic (exact) mass is 372 g/mol. The maximum Gasteiger partial charge on any atom is 0.309 e. The highest BCUT2D eigenvalue weighted by atomic mass is 16.5. The Kier molecular flexibility index (Phi) is 6.89. The number of rotatable bonds is 5. The molecular weight excluding hydrogens is 340 g/mol. The summed E-state index contributed by atoms with van der Waals surface area (Å²) in [6.07, 6.45) is 3.33. The Balaban J connectivity index is 1.42. The Morgan fingerprint density at radius 2 is 1.56 bits per heavy atom. The zero-order valence-corrected chi connectivity index (χ0v) is 16.7. The molecule has 2 saturated heterocycles. The Hall–Kier alpha value is -1.88. The molecule has 0 atom stereocenters. The normalized spacial score (nSPS) is 19.9. The number of likely N-dealkylation sites (tertiary alicyclic amines) is 2. The molecule has 5 heteroatoms. The number of aryl methyl sites for hydroxylation is 1. The van der Waals surface area contributed by atoms with Crippen molar-refractivity contribution < 1.29 is 14.3 Å². The molecular formula is C22H32N2O3. The molecule has 2 aliphatic rings. The average Bonchev–Trinajstić information content (AvgIpc) is 2.70. The van der Waals surface area contributed by atoms with Crippen LogP contribution in [0.25, 0.3) is 0 Å². The third-order valence-electron chi connectivity index (χ3n) is 5.89. The number of amides is 1. The van der Waals surface area contributed by atoms with Gasteiger partial charge in [0.2, 0.25) is 5.91 Å². The van der Waals surface area contributed by atoms with Crippen LogP contribution in [0.15, 0.2) is 24.3 Å². The first-order valence-corrected chi connectivity index (χ1v) is 10.3. The summed E-state index contributed by atoms with van der Waals surface area (Å²) >= 11 is 0. The van der Waals surface area contributed by atoms with E-state index in [1.165, 1.54) is 11.1 Å². The molecule has 0 N–H and O–H groups in total. The summed E-state index contributed by atoms with van der Waals surface area (Å²) in [5.74, 6) is 0.282. The molecule has 3 rings (SSSR count). The lowest BCUT2D eigenvalue weighted by Gasteiger charge is -2.36. The van der Waals surface area contributed by atoms with Gasteiger partial charge < -0.3 is 9.64 Å². The fraction of sp³-hybridized carbons (Fsp3) is 0.636. The standard InChI is InChI=1S/C22H32N2O3/c1-3-27-22(26)20-10-14-24(15-11-20)21(25)19-8-12-23(13-9-19)16-18-6-4-17(2)5-7-18/h4-7,19-20H,3,8-16H2,1-2H3. The van der Waals surface area contributed by atoms with Gasteiger partial charge in [0.15, 0.2) is 0 Å². The van der Waals surface area contributed by atoms with Crippen molar-refractivity contribution in [2.24, 2.45) is 11.8 Å². The van der Waals surface area contributed by atoms with Gasteiger partial charge in [0.25, 0.3) is 0 Å². The SMILES string of the molecule is CCOC(=O)C1CCN(C(=O)C2CCN(Cc3ccc(C)cc3)CC2)CC1. The average molecular weight is 373 g/mol. The van der Waals surface area contributed by atoms with Crippen LogP contribution in [-0.2, 0) is 20.9 Å². The summed E-state index contributed by atoms with van der Waals surface area (Å²) in [6.45, 7) is 8.66. The molecule has 0 saturated carbocycles. The van der Waals surface area contributed by atoms with Gasteiger partial charge in [0.05, 0.1) is 12.5 Å². The molecule has 0 bridgehead atoms. The summed E-state index contributed by atoms with van der Waals surface area (Å²) in [7, 11) is 0. The number of esters is 1. The molecule has 148 valence electrons. The molecule has 0 unspecified atom stereocenters. The van der Waals surface area contributed by atoms with Gasteiger partial charge in [0.1, 0.15) is 0 Å². The molecule has 1 amide bonds. The van der Waals surface area contributed by atoms with Crippen molar-refractivity contribution >= 4 is 11.9 Å². The highest BCUT2D eigenvalue weighted by molar-refractivity contribution is 5.79. The van der Waals surface area contributed by atoms with E-state index in [-0.39, 0.29) is 23.7 Å². The summed E-state index contributed by atoms with van der Waals surface area (Å²) in [6, 6.07) is 8.71. The first kappa shape index (κ1) is 19.9. The van der Waals surface area contributed by atoms with Crippen molar-refractivity contribution in [3.63, 3.8) is 0 Å². The second kappa shape index (κ2) is 9.36. The third-order valence-corrected chi connectivity index (χ3v) is 5.89. The lowest BCUT2D eigenvalue weighted by molar-refractivity contribution is -0.152. The van der Waals surface area contributed by atoms with Crippen LogP contribution in [0.2, 0.25) is 0 Å². The first-order valence-electron chi connectivity index (χ1n) is 10.3. The number of nitrogens with zero attached hydrogens (tertiary/aromatic N) is 2. The zero-order chi connectivity index (χ0) is 19.2. The third kappa shape index (κ3) is 5.32. The Morgan fingerprint density at radius 1 is 0.963 bits per heavy atom. The number of benzene rings is 1. The number of carbonyl (C=O) groups is 2. The van der Waals surface area contributed by atoms with Gasteiger partial charge in [-0.25, -0.2) is 0 Å². The minimum absolute atomic E-state index is 0.0367. The second-order valence-electron chi connectivity index (χ2n) is 7.89. The van der Waals surface area contributed by atoms with E-state index < -0.39 is 0 Å². The number of hydrogen-bond acceptors (Lipinski definition) is 4. The summed E-state index contributed by atoms with van der Waals surface area (Å²) in [4.78, 5) is 29.1. The van der Waals surface area contributed by atoms with E-state index in [0.29, 0.717) is 19.7 Å². The van der Waals surface area contributed by atoms with Crippen LogP contribution in [0, 0.1) is 18.8 Å². The summed E-state index contributed by atoms with van der Waals surface area (Å²) in [5, 5.41) is 0. The van der Waals surface area contributed by atoms with Crippen molar-refractivity contribution in [1.82, 2.24) is 9.80 Å². The lowest BCUT2D eigenvalue weighted by Crippen LogP contribution is -2.46. The van der Waals surface area contributed by atoms with E-state index in [0.717, 1.165) is 45.3 Å². The maximum atomic E-state index is 12.8. The molecule has 0 aliphatic carbocycles. The zero-order valence-electron chi connectivity index (χ0n) is 16.7. The van der Waals surface area contributed by atoms with Gasteiger partial charge >= 0.3 is 5.97 Å². The van der Waals surface area contributed by atoms with Crippen molar-refractivity contribution in [2.75, 3.05) is 32.8 Å². The Bertz CT molecular complexity index is 627. The number of piperidine rings is 2. The van der Waals surface area contributed by atoms with Crippen molar-refractivity contribution in [1.29, 1.82) is 0 Å². The molecule has 2 aliphatic heterocycles. The molecule has 1 aromatic carbocycles. The van der Waals surface area contributed by atoms with E-state index in [9.17, 15) is 9.59 Å². The minimum Gasteiger partial charge on any atom is -0.466 e. The quantitative estimate of drug-likeness (QED) is 0.746.